The lowest BCUT2D eigenvalue weighted by Gasteiger charge is -2.09. The van der Waals surface area contributed by atoms with Crippen LogP contribution in [0.1, 0.15) is 79.8 Å². The van der Waals surface area contributed by atoms with E-state index in [2.05, 4.69) is 25.6 Å². The zero-order valence-corrected chi connectivity index (χ0v) is 25.0. The molecule has 0 radical (unpaired) electrons. The van der Waals surface area contributed by atoms with Gasteiger partial charge in [-0.15, -0.1) is 0 Å². The summed E-state index contributed by atoms with van der Waals surface area (Å²) in [4.78, 5) is 12.6. The van der Waals surface area contributed by atoms with E-state index in [1.165, 1.54) is 36.5 Å². The van der Waals surface area contributed by atoms with Crippen molar-refractivity contribution in [2.24, 2.45) is 0 Å². The number of ether oxygens (including phenoxy) is 4. The zero-order chi connectivity index (χ0) is 29.8. The van der Waals surface area contributed by atoms with Crippen LogP contribution in [0.3, 0.4) is 0 Å². The summed E-state index contributed by atoms with van der Waals surface area (Å²) in [6, 6.07) is 23.1. The standard InChI is InChI=1S/C36H46O6/c1-3-5-6-9-26-40-33-24-18-31(19-25-33)36(38)42-34-22-16-30(17-23-34)13-12-29-14-20-32(21-15-29)39-27-10-7-8-11-28-41-35(37)4-2/h4,14-25,35,37H,2-3,5-13,26-28H2,1H3. The molecule has 1 atom stereocenters. The summed E-state index contributed by atoms with van der Waals surface area (Å²) in [7, 11) is 0. The van der Waals surface area contributed by atoms with Crippen LogP contribution in [0.5, 0.6) is 17.2 Å². The lowest BCUT2D eigenvalue weighted by Crippen LogP contribution is -2.08. The number of aliphatic hydroxyl groups is 1. The van der Waals surface area contributed by atoms with Gasteiger partial charge in [-0.25, -0.2) is 4.79 Å². The first-order valence-electron chi connectivity index (χ1n) is 15.3. The molecule has 0 aliphatic carbocycles. The normalized spacial score (nSPS) is 11.6. The van der Waals surface area contributed by atoms with Crippen LogP contribution in [0.25, 0.3) is 0 Å². The molecule has 3 rings (SSSR count). The third-order valence-electron chi connectivity index (χ3n) is 6.91. The minimum absolute atomic E-state index is 0.380. The number of rotatable bonds is 21. The second kappa shape index (κ2) is 19.5. The smallest absolute Gasteiger partial charge is 0.343 e. The first-order valence-corrected chi connectivity index (χ1v) is 15.3. The van der Waals surface area contributed by atoms with Gasteiger partial charge >= 0.3 is 5.97 Å². The number of benzene rings is 3. The lowest BCUT2D eigenvalue weighted by atomic mass is 10.0. The van der Waals surface area contributed by atoms with Crippen LogP contribution >= 0.6 is 0 Å². The molecule has 6 heteroatoms. The van der Waals surface area contributed by atoms with Crippen molar-refractivity contribution in [3.63, 3.8) is 0 Å². The Labute approximate surface area is 251 Å². The highest BCUT2D eigenvalue weighted by molar-refractivity contribution is 5.91. The molecule has 6 nitrogen and oxygen atoms in total. The molecular weight excluding hydrogens is 528 g/mol. The van der Waals surface area contributed by atoms with Crippen LogP contribution in [0.4, 0.5) is 0 Å². The molecule has 0 bridgehead atoms. The maximum atomic E-state index is 12.6. The van der Waals surface area contributed by atoms with Crippen molar-refractivity contribution < 1.29 is 28.8 Å². The van der Waals surface area contributed by atoms with Crippen molar-refractivity contribution in [2.75, 3.05) is 19.8 Å². The average molecular weight is 575 g/mol. The summed E-state index contributed by atoms with van der Waals surface area (Å²) in [6.07, 6.45) is 11.0. The number of hydrogen-bond donors (Lipinski definition) is 1. The number of hydrogen-bond acceptors (Lipinski definition) is 6. The van der Waals surface area contributed by atoms with Gasteiger partial charge in [0.2, 0.25) is 0 Å². The highest BCUT2D eigenvalue weighted by Crippen LogP contribution is 2.19. The Morgan fingerprint density at radius 3 is 1.69 bits per heavy atom. The molecule has 0 aliphatic rings. The molecule has 0 saturated heterocycles. The van der Waals surface area contributed by atoms with Crippen LogP contribution < -0.4 is 14.2 Å². The van der Waals surface area contributed by atoms with Gasteiger partial charge in [0, 0.05) is 0 Å². The van der Waals surface area contributed by atoms with E-state index in [1.807, 2.05) is 48.5 Å². The van der Waals surface area contributed by atoms with E-state index in [4.69, 9.17) is 18.9 Å². The monoisotopic (exact) mass is 574 g/mol. The Balaban J connectivity index is 1.31. The van der Waals surface area contributed by atoms with Gasteiger partial charge in [0.05, 0.1) is 25.4 Å². The van der Waals surface area contributed by atoms with Crippen molar-refractivity contribution >= 4 is 5.97 Å². The molecule has 0 amide bonds. The first kappa shape index (κ1) is 32.9. The van der Waals surface area contributed by atoms with Crippen LogP contribution in [-0.2, 0) is 17.6 Å². The van der Waals surface area contributed by atoms with Crippen molar-refractivity contribution in [3.05, 3.63) is 102 Å². The number of carbonyl (C=O) groups is 1. The Morgan fingerprint density at radius 1 is 0.690 bits per heavy atom. The Hall–Kier alpha value is -3.61. The Morgan fingerprint density at radius 2 is 1.17 bits per heavy atom. The van der Waals surface area contributed by atoms with Crippen molar-refractivity contribution in [3.8, 4) is 17.2 Å². The number of esters is 1. The van der Waals surface area contributed by atoms with Gasteiger partial charge in [0.15, 0.2) is 6.29 Å². The van der Waals surface area contributed by atoms with Crippen LogP contribution in [0, 0.1) is 0 Å². The van der Waals surface area contributed by atoms with Gasteiger partial charge in [-0.3, -0.25) is 0 Å². The molecule has 0 saturated carbocycles. The SMILES string of the molecule is C=CC(O)OCCCCCCOc1ccc(CCc2ccc(OC(=O)c3ccc(OCCCCCC)cc3)cc2)cc1. The van der Waals surface area contributed by atoms with E-state index >= 15 is 0 Å². The third-order valence-corrected chi connectivity index (χ3v) is 6.91. The van der Waals surface area contributed by atoms with E-state index in [9.17, 15) is 9.90 Å². The van der Waals surface area contributed by atoms with Crippen LogP contribution in [0.15, 0.2) is 85.5 Å². The summed E-state index contributed by atoms with van der Waals surface area (Å²) in [6.45, 7) is 7.59. The maximum absolute atomic E-state index is 12.6. The summed E-state index contributed by atoms with van der Waals surface area (Å²) < 4.78 is 22.3. The average Bonchev–Trinajstić information content (AvgIpc) is 3.02. The minimum Gasteiger partial charge on any atom is -0.494 e. The Bertz CT molecular complexity index is 1160. The fraction of sp³-hybridized carbons (Fsp3) is 0.417. The molecule has 0 aliphatic heterocycles. The topological polar surface area (TPSA) is 74.2 Å². The molecule has 1 unspecified atom stereocenters. The van der Waals surface area contributed by atoms with E-state index in [1.54, 1.807) is 12.1 Å². The molecule has 0 spiro atoms. The minimum atomic E-state index is -0.867. The Kier molecular flexibility index (Phi) is 15.3. The lowest BCUT2D eigenvalue weighted by molar-refractivity contribution is -0.0649. The van der Waals surface area contributed by atoms with Crippen molar-refractivity contribution in [2.45, 2.75) is 77.4 Å². The molecule has 42 heavy (non-hydrogen) atoms. The molecular formula is C36H46O6. The summed E-state index contributed by atoms with van der Waals surface area (Å²) in [5.74, 6) is 1.80. The fourth-order valence-electron chi connectivity index (χ4n) is 4.36. The quantitative estimate of drug-likeness (QED) is 0.0455. The van der Waals surface area contributed by atoms with E-state index in [0.717, 1.165) is 56.4 Å². The first-order chi connectivity index (χ1) is 20.6. The predicted octanol–water partition coefficient (Wildman–Crippen LogP) is 8.11. The van der Waals surface area contributed by atoms with Crippen LogP contribution in [0.2, 0.25) is 0 Å². The largest absolute Gasteiger partial charge is 0.494 e. The number of carbonyl (C=O) groups excluding carboxylic acids is 1. The van der Waals surface area contributed by atoms with Gasteiger partial charge in [0.25, 0.3) is 0 Å². The number of unbranched alkanes of at least 4 members (excludes halogenated alkanes) is 6. The molecule has 0 heterocycles. The van der Waals surface area contributed by atoms with Crippen molar-refractivity contribution in [1.82, 2.24) is 0 Å². The highest BCUT2D eigenvalue weighted by atomic mass is 16.6. The summed E-state index contributed by atoms with van der Waals surface area (Å²) in [5, 5.41) is 9.26. The van der Waals surface area contributed by atoms with Gasteiger partial charge in [0.1, 0.15) is 17.2 Å². The van der Waals surface area contributed by atoms with E-state index in [0.29, 0.717) is 31.1 Å². The molecule has 3 aromatic carbocycles. The second-order valence-corrected chi connectivity index (χ2v) is 10.4. The van der Waals surface area contributed by atoms with E-state index in [-0.39, 0.29) is 5.97 Å². The van der Waals surface area contributed by atoms with Gasteiger partial charge in [-0.05, 0) is 104 Å². The van der Waals surface area contributed by atoms with Crippen LogP contribution in [-0.4, -0.2) is 37.2 Å². The second-order valence-electron chi connectivity index (χ2n) is 10.4. The van der Waals surface area contributed by atoms with Crippen molar-refractivity contribution in [1.29, 1.82) is 0 Å². The van der Waals surface area contributed by atoms with Gasteiger partial charge < -0.3 is 24.1 Å². The van der Waals surface area contributed by atoms with E-state index < -0.39 is 6.29 Å². The summed E-state index contributed by atoms with van der Waals surface area (Å²) in [5.41, 5.74) is 2.92. The maximum Gasteiger partial charge on any atom is 0.343 e. The fourth-order valence-corrected chi connectivity index (χ4v) is 4.36. The molecule has 0 aromatic heterocycles. The zero-order valence-electron chi connectivity index (χ0n) is 25.0. The van der Waals surface area contributed by atoms with Gasteiger partial charge in [-0.2, -0.15) is 0 Å². The summed E-state index contributed by atoms with van der Waals surface area (Å²) >= 11 is 0. The molecule has 3 aromatic rings. The molecule has 226 valence electrons. The third kappa shape index (κ3) is 12.9. The molecule has 0 fully saturated rings. The molecule has 1 N–H and O–H groups in total. The number of aryl methyl sites for hydroxylation is 2. The van der Waals surface area contributed by atoms with Gasteiger partial charge in [-0.1, -0.05) is 63.5 Å². The predicted molar refractivity (Wildman–Crippen MR) is 167 cm³/mol. The number of aliphatic hydroxyl groups excluding tert-OH is 1. The highest BCUT2D eigenvalue weighted by Gasteiger charge is 2.09.